The summed E-state index contributed by atoms with van der Waals surface area (Å²) in [6, 6.07) is 0. The molecule has 19 heavy (non-hydrogen) atoms. The van der Waals surface area contributed by atoms with Crippen molar-refractivity contribution in [1.29, 1.82) is 0 Å². The van der Waals surface area contributed by atoms with Gasteiger partial charge in [-0.1, -0.05) is 0 Å². The first-order valence-electron chi connectivity index (χ1n) is 6.79. The molecule has 2 fully saturated rings. The third kappa shape index (κ3) is 2.96. The number of ether oxygens (including phenoxy) is 1. The standard InChI is InChI=1S/C13H19N3O3/c1-9-6-15-13(18-9)12(17)14-4-5-16-7-10-2-3-11(8-16)19-10/h6,10-11H,2-5,7-8H2,1H3,(H,14,17). The minimum atomic E-state index is -0.246. The van der Waals surface area contributed by atoms with Crippen LogP contribution in [0.2, 0.25) is 0 Å². The van der Waals surface area contributed by atoms with Gasteiger partial charge in [0.2, 0.25) is 0 Å². The van der Waals surface area contributed by atoms with Crippen LogP contribution in [-0.4, -0.2) is 54.2 Å². The van der Waals surface area contributed by atoms with Crippen LogP contribution < -0.4 is 5.32 Å². The van der Waals surface area contributed by atoms with Crippen LogP contribution in [0.1, 0.15) is 29.3 Å². The summed E-state index contributed by atoms with van der Waals surface area (Å²) in [6.45, 7) is 5.18. The van der Waals surface area contributed by atoms with Crippen LogP contribution in [-0.2, 0) is 4.74 Å². The molecule has 104 valence electrons. The van der Waals surface area contributed by atoms with Gasteiger partial charge in [-0.3, -0.25) is 9.69 Å². The Hall–Kier alpha value is -1.40. The number of nitrogens with zero attached hydrogens (tertiary/aromatic N) is 2. The van der Waals surface area contributed by atoms with Gasteiger partial charge in [0, 0.05) is 26.2 Å². The summed E-state index contributed by atoms with van der Waals surface area (Å²) in [5.41, 5.74) is 0. The van der Waals surface area contributed by atoms with Gasteiger partial charge in [0.1, 0.15) is 5.76 Å². The van der Waals surface area contributed by atoms with Gasteiger partial charge >= 0.3 is 5.91 Å². The third-order valence-corrected chi connectivity index (χ3v) is 3.65. The van der Waals surface area contributed by atoms with Gasteiger partial charge in [0.05, 0.1) is 18.4 Å². The number of hydrogen-bond donors (Lipinski definition) is 1. The van der Waals surface area contributed by atoms with Crippen molar-refractivity contribution >= 4 is 5.91 Å². The monoisotopic (exact) mass is 265 g/mol. The summed E-state index contributed by atoms with van der Waals surface area (Å²) in [5.74, 6) is 0.541. The van der Waals surface area contributed by atoms with Crippen molar-refractivity contribution < 1.29 is 13.9 Å². The molecule has 2 bridgehead atoms. The van der Waals surface area contributed by atoms with Crippen LogP contribution in [0, 0.1) is 6.92 Å². The van der Waals surface area contributed by atoms with Gasteiger partial charge < -0.3 is 14.5 Å². The van der Waals surface area contributed by atoms with E-state index in [9.17, 15) is 4.79 Å². The molecule has 1 N–H and O–H groups in total. The largest absolute Gasteiger partial charge is 0.438 e. The average molecular weight is 265 g/mol. The molecule has 2 aliphatic rings. The Morgan fingerprint density at radius 1 is 1.47 bits per heavy atom. The molecule has 0 aromatic carbocycles. The first-order chi connectivity index (χ1) is 9.20. The van der Waals surface area contributed by atoms with Crippen molar-refractivity contribution in [3.63, 3.8) is 0 Å². The molecule has 2 saturated heterocycles. The Morgan fingerprint density at radius 2 is 2.21 bits per heavy atom. The fraction of sp³-hybridized carbons (Fsp3) is 0.692. The Labute approximate surface area is 112 Å². The number of rotatable bonds is 4. The highest BCUT2D eigenvalue weighted by atomic mass is 16.5. The van der Waals surface area contributed by atoms with Crippen LogP contribution in [0.15, 0.2) is 10.6 Å². The molecule has 1 amide bonds. The predicted octanol–water partition coefficient (Wildman–Crippen LogP) is 0.576. The predicted molar refractivity (Wildman–Crippen MR) is 67.9 cm³/mol. The smallest absolute Gasteiger partial charge is 0.307 e. The van der Waals surface area contributed by atoms with E-state index in [-0.39, 0.29) is 11.8 Å². The number of morpholine rings is 1. The van der Waals surface area contributed by atoms with Crippen molar-refractivity contribution in [2.75, 3.05) is 26.2 Å². The normalized spacial score (nSPS) is 26.6. The van der Waals surface area contributed by atoms with Crippen molar-refractivity contribution in [1.82, 2.24) is 15.2 Å². The van der Waals surface area contributed by atoms with Gasteiger partial charge in [0.15, 0.2) is 0 Å². The highest BCUT2D eigenvalue weighted by Gasteiger charge is 2.33. The van der Waals surface area contributed by atoms with E-state index in [0.29, 0.717) is 24.5 Å². The summed E-state index contributed by atoms with van der Waals surface area (Å²) >= 11 is 0. The van der Waals surface area contributed by atoms with E-state index >= 15 is 0 Å². The zero-order valence-electron chi connectivity index (χ0n) is 11.1. The minimum absolute atomic E-state index is 0.138. The Bertz CT molecular complexity index is 448. The lowest BCUT2D eigenvalue weighted by molar-refractivity contribution is -0.0375. The lowest BCUT2D eigenvalue weighted by Gasteiger charge is -2.31. The number of amides is 1. The Balaban J connectivity index is 1.42. The number of carbonyl (C=O) groups is 1. The summed E-state index contributed by atoms with van der Waals surface area (Å²) in [7, 11) is 0. The number of carbonyl (C=O) groups excluding carboxylic acids is 1. The number of nitrogens with one attached hydrogen (secondary N) is 1. The Kier molecular flexibility index (Phi) is 3.52. The van der Waals surface area contributed by atoms with Crippen LogP contribution in [0.3, 0.4) is 0 Å². The maximum atomic E-state index is 11.7. The Morgan fingerprint density at radius 3 is 2.84 bits per heavy atom. The number of aromatic nitrogens is 1. The number of aryl methyl sites for hydroxylation is 1. The summed E-state index contributed by atoms with van der Waals surface area (Å²) in [6.07, 6.45) is 4.67. The van der Waals surface area contributed by atoms with Gasteiger partial charge in [-0.25, -0.2) is 4.98 Å². The van der Waals surface area contributed by atoms with E-state index in [2.05, 4.69) is 15.2 Å². The molecule has 1 aromatic rings. The molecule has 0 spiro atoms. The van der Waals surface area contributed by atoms with Crippen LogP contribution in [0.4, 0.5) is 0 Å². The molecular weight excluding hydrogens is 246 g/mol. The molecule has 2 aliphatic heterocycles. The van der Waals surface area contributed by atoms with E-state index in [1.165, 1.54) is 12.8 Å². The van der Waals surface area contributed by atoms with Crippen molar-refractivity contribution in [3.05, 3.63) is 17.8 Å². The molecule has 3 heterocycles. The topological polar surface area (TPSA) is 67.6 Å². The van der Waals surface area contributed by atoms with Crippen LogP contribution in [0.25, 0.3) is 0 Å². The highest BCUT2D eigenvalue weighted by Crippen LogP contribution is 2.25. The SMILES string of the molecule is Cc1cnc(C(=O)NCCN2CC3CCC(C2)O3)o1. The molecule has 1 aromatic heterocycles. The van der Waals surface area contributed by atoms with E-state index in [1.807, 2.05) is 0 Å². The number of fused-ring (bicyclic) bond motifs is 2. The lowest BCUT2D eigenvalue weighted by Crippen LogP contribution is -2.45. The first kappa shape index (κ1) is 12.6. The third-order valence-electron chi connectivity index (χ3n) is 3.65. The molecule has 6 heteroatoms. The van der Waals surface area contributed by atoms with Gasteiger partial charge in [-0.15, -0.1) is 0 Å². The highest BCUT2D eigenvalue weighted by molar-refractivity contribution is 5.89. The molecule has 2 unspecified atom stereocenters. The number of oxazole rings is 1. The zero-order valence-corrected chi connectivity index (χ0v) is 11.1. The maximum Gasteiger partial charge on any atom is 0.307 e. The lowest BCUT2D eigenvalue weighted by atomic mass is 10.2. The minimum Gasteiger partial charge on any atom is -0.438 e. The fourth-order valence-corrected chi connectivity index (χ4v) is 2.74. The van der Waals surface area contributed by atoms with Crippen molar-refractivity contribution in [2.24, 2.45) is 0 Å². The van der Waals surface area contributed by atoms with Crippen LogP contribution >= 0.6 is 0 Å². The van der Waals surface area contributed by atoms with E-state index in [4.69, 9.17) is 9.15 Å². The zero-order chi connectivity index (χ0) is 13.2. The molecule has 3 rings (SSSR count). The van der Waals surface area contributed by atoms with Gasteiger partial charge in [-0.2, -0.15) is 0 Å². The van der Waals surface area contributed by atoms with Crippen molar-refractivity contribution in [3.8, 4) is 0 Å². The second-order valence-electron chi connectivity index (χ2n) is 5.25. The average Bonchev–Trinajstić information content (AvgIpc) is 2.96. The summed E-state index contributed by atoms with van der Waals surface area (Å²) in [5, 5.41) is 2.83. The molecule has 0 saturated carbocycles. The maximum absolute atomic E-state index is 11.7. The van der Waals surface area contributed by atoms with Gasteiger partial charge in [-0.05, 0) is 19.8 Å². The summed E-state index contributed by atoms with van der Waals surface area (Å²) in [4.78, 5) is 18.0. The molecule has 6 nitrogen and oxygen atoms in total. The summed E-state index contributed by atoms with van der Waals surface area (Å²) < 4.78 is 10.9. The molecule has 0 radical (unpaired) electrons. The van der Waals surface area contributed by atoms with E-state index < -0.39 is 0 Å². The molecule has 0 aliphatic carbocycles. The number of likely N-dealkylation sites (tertiary alicyclic amines) is 1. The number of hydrogen-bond acceptors (Lipinski definition) is 5. The molecular formula is C13H19N3O3. The first-order valence-corrected chi connectivity index (χ1v) is 6.79. The van der Waals surface area contributed by atoms with Crippen LogP contribution in [0.5, 0.6) is 0 Å². The fourth-order valence-electron chi connectivity index (χ4n) is 2.74. The van der Waals surface area contributed by atoms with E-state index in [1.54, 1.807) is 13.1 Å². The van der Waals surface area contributed by atoms with E-state index in [0.717, 1.165) is 19.6 Å². The second-order valence-corrected chi connectivity index (χ2v) is 5.25. The molecule has 2 atom stereocenters. The quantitative estimate of drug-likeness (QED) is 0.862. The second kappa shape index (κ2) is 5.30. The van der Waals surface area contributed by atoms with Crippen molar-refractivity contribution in [2.45, 2.75) is 32.0 Å². The van der Waals surface area contributed by atoms with Gasteiger partial charge in [0.25, 0.3) is 5.89 Å².